The van der Waals surface area contributed by atoms with Crippen molar-refractivity contribution in [3.05, 3.63) is 26.6 Å². The minimum Gasteiger partial charge on any atom is -0.479 e. The van der Waals surface area contributed by atoms with E-state index in [1.165, 1.54) is 0 Å². The quantitative estimate of drug-likeness (QED) is 0.835. The lowest BCUT2D eigenvalue weighted by atomic mass is 10.2. The van der Waals surface area contributed by atoms with E-state index < -0.39 is 6.10 Å². The number of rotatable bonds is 4. The SMILES string of the molecule is CC(Oc1c(Br)cc(CO)cc1Br)C(=O)N1CCCC1. The van der Waals surface area contributed by atoms with Crippen molar-refractivity contribution in [1.29, 1.82) is 0 Å². The van der Waals surface area contributed by atoms with Crippen LogP contribution in [0.4, 0.5) is 0 Å². The smallest absolute Gasteiger partial charge is 0.263 e. The number of benzene rings is 1. The average Bonchev–Trinajstić information content (AvgIpc) is 2.95. The standard InChI is InChI=1S/C14H17Br2NO3/c1-9(14(19)17-4-2-3-5-17)20-13-11(15)6-10(8-18)7-12(13)16/h6-7,9,18H,2-5,8H2,1H3. The molecule has 1 aliphatic rings. The topological polar surface area (TPSA) is 49.8 Å². The molecule has 1 aromatic rings. The monoisotopic (exact) mass is 405 g/mol. The second-order valence-corrected chi connectivity index (χ2v) is 6.55. The van der Waals surface area contributed by atoms with Crippen LogP contribution in [-0.4, -0.2) is 35.1 Å². The van der Waals surface area contributed by atoms with Crippen LogP contribution in [-0.2, 0) is 11.4 Å². The molecule has 1 amide bonds. The van der Waals surface area contributed by atoms with E-state index in [9.17, 15) is 4.79 Å². The van der Waals surface area contributed by atoms with Gasteiger partial charge in [0, 0.05) is 13.1 Å². The maximum absolute atomic E-state index is 12.2. The highest BCUT2D eigenvalue weighted by molar-refractivity contribution is 9.11. The molecule has 1 atom stereocenters. The Bertz CT molecular complexity index is 478. The summed E-state index contributed by atoms with van der Waals surface area (Å²) in [6, 6.07) is 3.57. The van der Waals surface area contributed by atoms with Crippen LogP contribution in [0, 0.1) is 0 Å². The fraction of sp³-hybridized carbons (Fsp3) is 0.500. The molecule has 0 bridgehead atoms. The van der Waals surface area contributed by atoms with Crippen LogP contribution in [0.5, 0.6) is 5.75 Å². The normalized spacial score (nSPS) is 16.3. The molecule has 1 fully saturated rings. The maximum Gasteiger partial charge on any atom is 0.263 e. The Morgan fingerprint density at radius 2 is 1.90 bits per heavy atom. The molecule has 1 aromatic carbocycles. The van der Waals surface area contributed by atoms with Gasteiger partial charge in [0.15, 0.2) is 6.10 Å². The Morgan fingerprint density at radius 3 is 2.40 bits per heavy atom. The van der Waals surface area contributed by atoms with Crippen molar-refractivity contribution < 1.29 is 14.6 Å². The molecule has 0 saturated carbocycles. The van der Waals surface area contributed by atoms with Crippen LogP contribution in [0.25, 0.3) is 0 Å². The Balaban J connectivity index is 2.11. The molecule has 2 rings (SSSR count). The van der Waals surface area contributed by atoms with Crippen molar-refractivity contribution >= 4 is 37.8 Å². The minimum absolute atomic E-state index is 0.0209. The number of ether oxygens (including phenoxy) is 1. The van der Waals surface area contributed by atoms with Crippen molar-refractivity contribution in [3.8, 4) is 5.75 Å². The Hall–Kier alpha value is -0.590. The highest BCUT2D eigenvalue weighted by Crippen LogP contribution is 2.35. The first-order chi connectivity index (χ1) is 9.52. The van der Waals surface area contributed by atoms with Gasteiger partial charge < -0.3 is 14.7 Å². The Kier molecular flexibility index (Phi) is 5.46. The first-order valence-corrected chi connectivity index (χ1v) is 8.15. The number of hydrogen-bond donors (Lipinski definition) is 1. The van der Waals surface area contributed by atoms with E-state index in [4.69, 9.17) is 9.84 Å². The first-order valence-electron chi connectivity index (χ1n) is 6.57. The summed E-state index contributed by atoms with van der Waals surface area (Å²) in [6.45, 7) is 3.36. The Morgan fingerprint density at radius 1 is 1.35 bits per heavy atom. The summed E-state index contributed by atoms with van der Waals surface area (Å²) in [5, 5.41) is 9.15. The van der Waals surface area contributed by atoms with Gasteiger partial charge in [-0.1, -0.05) is 0 Å². The van der Waals surface area contributed by atoms with E-state index in [1.54, 1.807) is 19.1 Å². The van der Waals surface area contributed by atoms with Crippen molar-refractivity contribution in [2.45, 2.75) is 32.5 Å². The molecule has 1 saturated heterocycles. The highest BCUT2D eigenvalue weighted by Gasteiger charge is 2.25. The van der Waals surface area contributed by atoms with Crippen molar-refractivity contribution in [2.24, 2.45) is 0 Å². The number of aliphatic hydroxyl groups is 1. The number of carbonyl (C=O) groups excluding carboxylic acids is 1. The second kappa shape index (κ2) is 6.91. The molecule has 110 valence electrons. The van der Waals surface area contributed by atoms with E-state index in [2.05, 4.69) is 31.9 Å². The van der Waals surface area contributed by atoms with Gasteiger partial charge in [0.1, 0.15) is 5.75 Å². The molecule has 1 N–H and O–H groups in total. The van der Waals surface area contributed by atoms with Crippen molar-refractivity contribution in [2.75, 3.05) is 13.1 Å². The van der Waals surface area contributed by atoms with E-state index >= 15 is 0 Å². The first kappa shape index (κ1) is 15.8. The molecule has 0 radical (unpaired) electrons. The molecule has 1 aliphatic heterocycles. The maximum atomic E-state index is 12.2. The van der Waals surface area contributed by atoms with Crippen LogP contribution in [0.1, 0.15) is 25.3 Å². The molecular formula is C14H17Br2NO3. The molecule has 1 unspecified atom stereocenters. The second-order valence-electron chi connectivity index (χ2n) is 4.84. The Labute approximate surface area is 135 Å². The lowest BCUT2D eigenvalue weighted by Crippen LogP contribution is -2.38. The number of carbonyl (C=O) groups is 1. The lowest BCUT2D eigenvalue weighted by Gasteiger charge is -2.22. The van der Waals surface area contributed by atoms with Gasteiger partial charge in [0.05, 0.1) is 15.6 Å². The van der Waals surface area contributed by atoms with Crippen LogP contribution in [0.3, 0.4) is 0 Å². The van der Waals surface area contributed by atoms with E-state index in [1.807, 2.05) is 4.90 Å². The van der Waals surface area contributed by atoms with Crippen LogP contribution >= 0.6 is 31.9 Å². The molecule has 6 heteroatoms. The van der Waals surface area contributed by atoms with E-state index in [-0.39, 0.29) is 12.5 Å². The molecule has 0 aromatic heterocycles. The minimum atomic E-state index is -0.527. The fourth-order valence-corrected chi connectivity index (χ4v) is 3.71. The zero-order chi connectivity index (χ0) is 14.7. The number of likely N-dealkylation sites (tertiary alicyclic amines) is 1. The number of aliphatic hydroxyl groups excluding tert-OH is 1. The van der Waals surface area contributed by atoms with Crippen molar-refractivity contribution in [1.82, 2.24) is 4.90 Å². The van der Waals surface area contributed by atoms with Crippen molar-refractivity contribution in [3.63, 3.8) is 0 Å². The molecule has 1 heterocycles. The number of amides is 1. The van der Waals surface area contributed by atoms with Gasteiger partial charge >= 0.3 is 0 Å². The lowest BCUT2D eigenvalue weighted by molar-refractivity contribution is -0.136. The van der Waals surface area contributed by atoms with Gasteiger partial charge in [-0.05, 0) is 69.3 Å². The highest BCUT2D eigenvalue weighted by atomic mass is 79.9. The zero-order valence-electron chi connectivity index (χ0n) is 11.2. The van der Waals surface area contributed by atoms with E-state index in [0.29, 0.717) is 5.75 Å². The van der Waals surface area contributed by atoms with Crippen LogP contribution in [0.15, 0.2) is 21.1 Å². The van der Waals surface area contributed by atoms with Crippen LogP contribution < -0.4 is 4.74 Å². The summed E-state index contributed by atoms with van der Waals surface area (Å²) < 4.78 is 7.22. The van der Waals surface area contributed by atoms with Gasteiger partial charge in [-0.25, -0.2) is 0 Å². The average molecular weight is 407 g/mol. The van der Waals surface area contributed by atoms with E-state index in [0.717, 1.165) is 40.4 Å². The number of halogens is 2. The van der Waals surface area contributed by atoms with Gasteiger partial charge in [0.2, 0.25) is 0 Å². The summed E-state index contributed by atoms with van der Waals surface area (Å²) in [5.41, 5.74) is 0.773. The summed E-state index contributed by atoms with van der Waals surface area (Å²) in [4.78, 5) is 14.1. The van der Waals surface area contributed by atoms with Crippen LogP contribution in [0.2, 0.25) is 0 Å². The van der Waals surface area contributed by atoms with Gasteiger partial charge in [-0.15, -0.1) is 0 Å². The van der Waals surface area contributed by atoms with Gasteiger partial charge in [0.25, 0.3) is 5.91 Å². The van der Waals surface area contributed by atoms with Gasteiger partial charge in [-0.3, -0.25) is 4.79 Å². The third-order valence-corrected chi connectivity index (χ3v) is 4.48. The largest absolute Gasteiger partial charge is 0.479 e. The summed E-state index contributed by atoms with van der Waals surface area (Å²) in [5.74, 6) is 0.606. The molecule has 0 aliphatic carbocycles. The third kappa shape index (κ3) is 3.54. The molecule has 20 heavy (non-hydrogen) atoms. The fourth-order valence-electron chi connectivity index (χ4n) is 2.24. The van der Waals surface area contributed by atoms with Gasteiger partial charge in [-0.2, -0.15) is 0 Å². The number of hydrogen-bond acceptors (Lipinski definition) is 3. The third-order valence-electron chi connectivity index (χ3n) is 3.30. The summed E-state index contributed by atoms with van der Waals surface area (Å²) in [7, 11) is 0. The molecule has 4 nitrogen and oxygen atoms in total. The molecular weight excluding hydrogens is 390 g/mol. The molecule has 0 spiro atoms. The zero-order valence-corrected chi connectivity index (χ0v) is 14.4. The predicted octanol–water partition coefficient (Wildman–Crippen LogP) is 3.09. The number of nitrogens with zero attached hydrogens (tertiary/aromatic N) is 1. The summed E-state index contributed by atoms with van der Waals surface area (Å²) in [6.07, 6.45) is 1.61. The predicted molar refractivity (Wildman–Crippen MR) is 83.7 cm³/mol. The summed E-state index contributed by atoms with van der Waals surface area (Å²) >= 11 is 6.82.